The van der Waals surface area contributed by atoms with Gasteiger partial charge in [-0.05, 0) is 81.7 Å². The van der Waals surface area contributed by atoms with E-state index in [2.05, 4.69) is 4.99 Å². The van der Waals surface area contributed by atoms with Gasteiger partial charge in [-0.15, -0.1) is 0 Å². The summed E-state index contributed by atoms with van der Waals surface area (Å²) in [5, 5.41) is 0. The van der Waals surface area contributed by atoms with Crippen LogP contribution in [0.1, 0.15) is 43.0 Å². The highest BCUT2D eigenvalue weighted by Crippen LogP contribution is 2.30. The lowest BCUT2D eigenvalue weighted by Gasteiger charge is -2.19. The van der Waals surface area contributed by atoms with Crippen molar-refractivity contribution in [3.63, 3.8) is 0 Å². The first kappa shape index (κ1) is 22.1. The van der Waals surface area contributed by atoms with Crippen molar-refractivity contribution in [2.45, 2.75) is 40.2 Å². The maximum atomic E-state index is 12.3. The van der Waals surface area contributed by atoms with Crippen LogP contribution in [0.4, 0.5) is 4.79 Å². The first-order valence-electron chi connectivity index (χ1n) is 9.75. The summed E-state index contributed by atoms with van der Waals surface area (Å²) in [6.07, 6.45) is 0.745. The molecule has 0 bridgehead atoms. The number of aliphatic imine (C=N–C) groups is 1. The quantitative estimate of drug-likeness (QED) is 0.392. The molecule has 162 valence electrons. The summed E-state index contributed by atoms with van der Waals surface area (Å²) in [4.78, 5) is 28.6. The number of aryl methyl sites for hydroxylation is 2. The molecule has 1 heterocycles. The first-order valence-corrected chi connectivity index (χ1v) is 9.75. The Kier molecular flexibility index (Phi) is 6.15. The maximum absolute atomic E-state index is 12.3. The lowest BCUT2D eigenvalue weighted by atomic mass is 10.1. The van der Waals surface area contributed by atoms with Gasteiger partial charge in [-0.1, -0.05) is 12.1 Å². The van der Waals surface area contributed by atoms with Crippen LogP contribution in [-0.2, 0) is 14.3 Å². The second kappa shape index (κ2) is 8.63. The van der Waals surface area contributed by atoms with Crippen molar-refractivity contribution < 1.29 is 28.5 Å². The molecule has 0 unspecified atom stereocenters. The zero-order chi connectivity index (χ0) is 22.8. The molecule has 0 spiro atoms. The predicted octanol–water partition coefficient (Wildman–Crippen LogP) is 4.97. The number of hydrogen-bond donors (Lipinski definition) is 0. The number of carbonyl (C=O) groups is 2. The third-order valence-electron chi connectivity index (χ3n) is 4.45. The molecule has 31 heavy (non-hydrogen) atoms. The van der Waals surface area contributed by atoms with Crippen LogP contribution in [0.5, 0.6) is 11.5 Å². The lowest BCUT2D eigenvalue weighted by Crippen LogP contribution is -2.26. The van der Waals surface area contributed by atoms with Crippen LogP contribution in [0, 0.1) is 13.8 Å². The Morgan fingerprint density at radius 1 is 1.03 bits per heavy atom. The third kappa shape index (κ3) is 5.51. The van der Waals surface area contributed by atoms with Crippen molar-refractivity contribution in [1.82, 2.24) is 0 Å². The number of rotatable bonds is 4. The highest BCUT2D eigenvalue weighted by Gasteiger charge is 2.25. The number of carbonyl (C=O) groups excluding carboxylic acids is 2. The molecular weight excluding hydrogens is 398 g/mol. The number of ether oxygens (including phenoxy) is 4. The fourth-order valence-electron chi connectivity index (χ4n) is 2.78. The zero-order valence-corrected chi connectivity index (χ0v) is 18.4. The van der Waals surface area contributed by atoms with Crippen molar-refractivity contribution in [1.29, 1.82) is 0 Å². The van der Waals surface area contributed by atoms with Gasteiger partial charge in [0.05, 0.1) is 7.11 Å². The summed E-state index contributed by atoms with van der Waals surface area (Å²) < 4.78 is 21.0. The van der Waals surface area contributed by atoms with E-state index in [0.717, 1.165) is 16.7 Å². The van der Waals surface area contributed by atoms with Crippen LogP contribution in [0.15, 0.2) is 47.1 Å². The zero-order valence-electron chi connectivity index (χ0n) is 18.4. The minimum Gasteiger partial charge on any atom is -0.493 e. The van der Waals surface area contributed by atoms with Crippen molar-refractivity contribution >= 4 is 24.1 Å². The molecule has 2 aromatic rings. The molecule has 0 radical (unpaired) electrons. The van der Waals surface area contributed by atoms with Gasteiger partial charge in [0.2, 0.25) is 5.90 Å². The first-order chi connectivity index (χ1) is 14.6. The molecule has 2 aromatic carbocycles. The van der Waals surface area contributed by atoms with E-state index in [1.807, 2.05) is 32.0 Å². The van der Waals surface area contributed by atoms with Crippen LogP contribution < -0.4 is 9.47 Å². The van der Waals surface area contributed by atoms with Gasteiger partial charge in [0.15, 0.2) is 17.2 Å². The maximum Gasteiger partial charge on any atom is 0.514 e. The molecule has 0 aliphatic carbocycles. The monoisotopic (exact) mass is 423 g/mol. The summed E-state index contributed by atoms with van der Waals surface area (Å²) in [6, 6.07) is 10.6. The highest BCUT2D eigenvalue weighted by molar-refractivity contribution is 6.12. The topological polar surface area (TPSA) is 83.4 Å². The fourth-order valence-corrected chi connectivity index (χ4v) is 2.78. The van der Waals surface area contributed by atoms with E-state index < -0.39 is 17.7 Å². The summed E-state index contributed by atoms with van der Waals surface area (Å²) >= 11 is 0. The fraction of sp³-hybridized carbons (Fsp3) is 0.292. The third-order valence-corrected chi connectivity index (χ3v) is 4.45. The molecule has 0 atom stereocenters. The van der Waals surface area contributed by atoms with Crippen LogP contribution >= 0.6 is 0 Å². The van der Waals surface area contributed by atoms with Gasteiger partial charge >= 0.3 is 12.1 Å². The number of nitrogens with zero attached hydrogens (tertiary/aromatic N) is 1. The predicted molar refractivity (Wildman–Crippen MR) is 116 cm³/mol. The average Bonchev–Trinajstić information content (AvgIpc) is 3.04. The largest absolute Gasteiger partial charge is 0.514 e. The molecule has 0 amide bonds. The molecular formula is C24H25NO6. The lowest BCUT2D eigenvalue weighted by molar-refractivity contribution is -0.129. The van der Waals surface area contributed by atoms with Gasteiger partial charge in [-0.2, -0.15) is 0 Å². The van der Waals surface area contributed by atoms with Crippen LogP contribution in [-0.4, -0.2) is 30.7 Å². The molecule has 1 aliphatic rings. The second-order valence-corrected chi connectivity index (χ2v) is 8.11. The van der Waals surface area contributed by atoms with Crippen molar-refractivity contribution in [3.8, 4) is 11.5 Å². The van der Waals surface area contributed by atoms with Gasteiger partial charge in [0, 0.05) is 5.56 Å². The van der Waals surface area contributed by atoms with E-state index in [1.54, 1.807) is 45.0 Å². The van der Waals surface area contributed by atoms with Gasteiger partial charge < -0.3 is 18.9 Å². The Bertz CT molecular complexity index is 1090. The van der Waals surface area contributed by atoms with Gasteiger partial charge in [0.1, 0.15) is 5.60 Å². The van der Waals surface area contributed by atoms with Gasteiger partial charge in [-0.25, -0.2) is 14.6 Å². The second-order valence-electron chi connectivity index (χ2n) is 8.11. The van der Waals surface area contributed by atoms with Crippen LogP contribution in [0.3, 0.4) is 0 Å². The number of esters is 1. The molecule has 3 rings (SSSR count). The van der Waals surface area contributed by atoms with E-state index in [9.17, 15) is 9.59 Å². The smallest absolute Gasteiger partial charge is 0.493 e. The molecule has 0 saturated heterocycles. The molecule has 0 fully saturated rings. The van der Waals surface area contributed by atoms with Crippen LogP contribution in [0.2, 0.25) is 0 Å². The van der Waals surface area contributed by atoms with E-state index in [1.165, 1.54) is 7.11 Å². The van der Waals surface area contributed by atoms with Crippen molar-refractivity contribution in [3.05, 3.63) is 64.3 Å². The molecule has 0 aromatic heterocycles. The van der Waals surface area contributed by atoms with E-state index >= 15 is 0 Å². The molecule has 1 aliphatic heterocycles. The number of hydrogen-bond acceptors (Lipinski definition) is 7. The van der Waals surface area contributed by atoms with E-state index in [0.29, 0.717) is 11.3 Å². The number of methoxy groups -OCH3 is 1. The van der Waals surface area contributed by atoms with Crippen LogP contribution in [0.25, 0.3) is 6.08 Å². The van der Waals surface area contributed by atoms with Crippen molar-refractivity contribution in [2.75, 3.05) is 7.11 Å². The Morgan fingerprint density at radius 2 is 1.77 bits per heavy atom. The van der Waals surface area contributed by atoms with E-state index in [-0.39, 0.29) is 17.3 Å². The molecule has 7 nitrogen and oxygen atoms in total. The Labute approximate surface area is 181 Å². The Hall–Kier alpha value is -3.61. The summed E-state index contributed by atoms with van der Waals surface area (Å²) in [5.74, 6) is 0.231. The highest BCUT2D eigenvalue weighted by atomic mass is 16.7. The Morgan fingerprint density at radius 3 is 2.42 bits per heavy atom. The normalized spacial score (nSPS) is 14.8. The standard InChI is InChI=1S/C24H25NO6/c1-14-7-9-17(11-15(14)2)21-25-18(22(26)30-21)12-16-8-10-19(20(13-16)28-6)29-23(27)31-24(3,4)5/h7-13H,1-6H3/b18-12-. The molecule has 7 heteroatoms. The minimum absolute atomic E-state index is 0.163. The number of cyclic esters (lactones) is 1. The summed E-state index contributed by atoms with van der Waals surface area (Å²) in [7, 11) is 1.45. The average molecular weight is 423 g/mol. The van der Waals surface area contributed by atoms with E-state index in [4.69, 9.17) is 18.9 Å². The summed E-state index contributed by atoms with van der Waals surface area (Å²) in [5.41, 5.74) is 3.08. The number of benzene rings is 2. The van der Waals surface area contributed by atoms with Gasteiger partial charge in [-0.3, -0.25) is 0 Å². The van der Waals surface area contributed by atoms with Crippen molar-refractivity contribution in [2.24, 2.45) is 4.99 Å². The summed E-state index contributed by atoms with van der Waals surface area (Å²) in [6.45, 7) is 9.23. The molecule has 0 N–H and O–H groups in total. The SMILES string of the molecule is COc1cc(/C=C2\N=C(c3ccc(C)c(C)c3)OC2=O)ccc1OC(=O)OC(C)(C)C. The Balaban J connectivity index is 1.84. The minimum atomic E-state index is -0.834. The van der Waals surface area contributed by atoms with Gasteiger partial charge in [0.25, 0.3) is 0 Å². The molecule has 0 saturated carbocycles.